The van der Waals surface area contributed by atoms with Crippen molar-refractivity contribution in [2.75, 3.05) is 20.1 Å². The molecule has 0 bridgehead atoms. The van der Waals surface area contributed by atoms with Crippen molar-refractivity contribution in [1.82, 2.24) is 15.5 Å². The number of hydrogen-bond donors (Lipinski definition) is 2. The molecule has 22 heavy (non-hydrogen) atoms. The second kappa shape index (κ2) is 7.81. The van der Waals surface area contributed by atoms with Gasteiger partial charge in [-0.2, -0.15) is 0 Å². The SMILES string of the molecule is CC[C@@H]1CN(C(=O)NC2CCC(C(=O)NC)CC2)C[C@H](C)O1. The Bertz CT molecular complexity index is 394. The quantitative estimate of drug-likeness (QED) is 0.830. The number of carbonyl (C=O) groups is 2. The minimum absolute atomic E-state index is 0.0111. The molecule has 2 atom stereocenters. The van der Waals surface area contributed by atoms with Crippen LogP contribution < -0.4 is 10.6 Å². The Balaban J connectivity index is 1.79. The topological polar surface area (TPSA) is 70.7 Å². The van der Waals surface area contributed by atoms with Crippen LogP contribution in [0, 0.1) is 5.92 Å². The van der Waals surface area contributed by atoms with Crippen molar-refractivity contribution in [2.45, 2.75) is 64.2 Å². The molecule has 0 aromatic carbocycles. The Labute approximate surface area is 132 Å². The van der Waals surface area contributed by atoms with Crippen LogP contribution in [0.25, 0.3) is 0 Å². The van der Waals surface area contributed by atoms with E-state index in [1.54, 1.807) is 7.05 Å². The van der Waals surface area contributed by atoms with Crippen molar-refractivity contribution >= 4 is 11.9 Å². The summed E-state index contributed by atoms with van der Waals surface area (Å²) >= 11 is 0. The molecule has 1 saturated carbocycles. The van der Waals surface area contributed by atoms with Gasteiger partial charge in [-0.25, -0.2) is 4.79 Å². The first-order valence-corrected chi connectivity index (χ1v) is 8.46. The van der Waals surface area contributed by atoms with E-state index in [1.165, 1.54) is 0 Å². The molecule has 6 nitrogen and oxygen atoms in total. The predicted molar refractivity (Wildman–Crippen MR) is 84.5 cm³/mol. The van der Waals surface area contributed by atoms with Crippen molar-refractivity contribution in [1.29, 1.82) is 0 Å². The lowest BCUT2D eigenvalue weighted by Crippen LogP contribution is -2.54. The zero-order valence-electron chi connectivity index (χ0n) is 13.9. The standard InChI is InChI=1S/C16H29N3O3/c1-4-14-10-19(9-11(2)22-14)16(21)18-13-7-5-12(6-8-13)15(20)17-3/h11-14H,4-10H2,1-3H3,(H,17,20)(H,18,21)/t11-,12?,13?,14+/m0/s1. The van der Waals surface area contributed by atoms with Gasteiger partial charge in [0.05, 0.1) is 12.2 Å². The first-order chi connectivity index (χ1) is 10.5. The van der Waals surface area contributed by atoms with Crippen LogP contribution in [0.5, 0.6) is 0 Å². The molecule has 0 aromatic heterocycles. The Morgan fingerprint density at radius 1 is 1.18 bits per heavy atom. The second-order valence-electron chi connectivity index (χ2n) is 6.49. The number of urea groups is 1. The average molecular weight is 311 g/mol. The summed E-state index contributed by atoms with van der Waals surface area (Å²) in [4.78, 5) is 25.9. The normalized spacial score (nSPS) is 32.4. The number of morpholine rings is 1. The van der Waals surface area contributed by atoms with Gasteiger partial charge in [-0.3, -0.25) is 4.79 Å². The summed E-state index contributed by atoms with van der Waals surface area (Å²) in [6.45, 7) is 5.41. The lowest BCUT2D eigenvalue weighted by atomic mass is 9.85. The molecule has 2 aliphatic rings. The fraction of sp³-hybridized carbons (Fsp3) is 0.875. The van der Waals surface area contributed by atoms with E-state index in [9.17, 15) is 9.59 Å². The molecule has 0 unspecified atom stereocenters. The molecule has 0 aromatic rings. The van der Waals surface area contributed by atoms with Crippen molar-refractivity contribution in [2.24, 2.45) is 5.92 Å². The first-order valence-electron chi connectivity index (χ1n) is 8.46. The van der Waals surface area contributed by atoms with E-state index in [1.807, 2.05) is 11.8 Å². The number of carbonyl (C=O) groups excluding carboxylic acids is 2. The molecule has 1 heterocycles. The van der Waals surface area contributed by atoms with Crippen molar-refractivity contribution in [3.05, 3.63) is 0 Å². The lowest BCUT2D eigenvalue weighted by Gasteiger charge is -2.38. The van der Waals surface area contributed by atoms with Crippen molar-refractivity contribution in [3.63, 3.8) is 0 Å². The van der Waals surface area contributed by atoms with Crippen LogP contribution >= 0.6 is 0 Å². The molecule has 126 valence electrons. The number of ether oxygens (including phenoxy) is 1. The van der Waals surface area contributed by atoms with Crippen LogP contribution in [0.3, 0.4) is 0 Å². The maximum absolute atomic E-state index is 12.4. The molecule has 2 N–H and O–H groups in total. The van der Waals surface area contributed by atoms with Crippen LogP contribution in [0.4, 0.5) is 4.79 Å². The Morgan fingerprint density at radius 3 is 2.45 bits per heavy atom. The maximum Gasteiger partial charge on any atom is 0.317 e. The molecule has 0 spiro atoms. The van der Waals surface area contributed by atoms with E-state index in [4.69, 9.17) is 4.74 Å². The Morgan fingerprint density at radius 2 is 1.86 bits per heavy atom. The zero-order chi connectivity index (χ0) is 16.1. The molecular formula is C16H29N3O3. The van der Waals surface area contributed by atoms with E-state index in [0.29, 0.717) is 13.1 Å². The minimum Gasteiger partial charge on any atom is -0.372 e. The van der Waals surface area contributed by atoms with Crippen LogP contribution in [-0.2, 0) is 9.53 Å². The number of rotatable bonds is 3. The van der Waals surface area contributed by atoms with Crippen molar-refractivity contribution in [3.8, 4) is 0 Å². The largest absolute Gasteiger partial charge is 0.372 e. The number of nitrogens with zero attached hydrogens (tertiary/aromatic N) is 1. The molecule has 3 amide bonds. The van der Waals surface area contributed by atoms with Gasteiger partial charge in [0.2, 0.25) is 5.91 Å². The van der Waals surface area contributed by atoms with Gasteiger partial charge < -0.3 is 20.3 Å². The third kappa shape index (κ3) is 4.35. The summed E-state index contributed by atoms with van der Waals surface area (Å²) < 4.78 is 5.79. The van der Waals surface area contributed by atoms with Gasteiger partial charge in [-0.1, -0.05) is 6.92 Å². The lowest BCUT2D eigenvalue weighted by molar-refractivity contribution is -0.125. The van der Waals surface area contributed by atoms with Crippen molar-refractivity contribution < 1.29 is 14.3 Å². The summed E-state index contributed by atoms with van der Waals surface area (Å²) in [6.07, 6.45) is 4.60. The molecule has 1 aliphatic carbocycles. The van der Waals surface area contributed by atoms with Gasteiger partial charge >= 0.3 is 6.03 Å². The van der Waals surface area contributed by atoms with Crippen LogP contribution in [0.1, 0.15) is 46.0 Å². The third-order valence-electron chi connectivity index (χ3n) is 4.74. The van der Waals surface area contributed by atoms with Gasteiger partial charge in [0, 0.05) is 32.1 Å². The summed E-state index contributed by atoms with van der Waals surface area (Å²) in [7, 11) is 1.68. The van der Waals surface area contributed by atoms with Gasteiger partial charge in [0.25, 0.3) is 0 Å². The monoisotopic (exact) mass is 311 g/mol. The molecule has 2 rings (SSSR count). The highest BCUT2D eigenvalue weighted by molar-refractivity contribution is 5.78. The van der Waals surface area contributed by atoms with E-state index in [-0.39, 0.29) is 36.1 Å². The number of nitrogens with one attached hydrogen (secondary N) is 2. The first kappa shape index (κ1) is 17.1. The molecule has 1 aliphatic heterocycles. The van der Waals surface area contributed by atoms with Gasteiger partial charge in [0.15, 0.2) is 0 Å². The van der Waals surface area contributed by atoms with E-state index >= 15 is 0 Å². The van der Waals surface area contributed by atoms with Crippen LogP contribution in [0.2, 0.25) is 0 Å². The van der Waals surface area contributed by atoms with E-state index in [0.717, 1.165) is 32.1 Å². The van der Waals surface area contributed by atoms with E-state index in [2.05, 4.69) is 17.6 Å². The molecule has 0 radical (unpaired) electrons. The molecule has 2 fully saturated rings. The summed E-state index contributed by atoms with van der Waals surface area (Å²) in [5.41, 5.74) is 0. The minimum atomic E-state index is 0.0111. The third-order valence-corrected chi connectivity index (χ3v) is 4.74. The number of hydrogen-bond acceptors (Lipinski definition) is 3. The van der Waals surface area contributed by atoms with Crippen LogP contribution in [-0.4, -0.2) is 55.2 Å². The van der Waals surface area contributed by atoms with Gasteiger partial charge in [-0.05, 0) is 39.0 Å². The highest BCUT2D eigenvalue weighted by Gasteiger charge is 2.30. The Kier molecular flexibility index (Phi) is 6.06. The second-order valence-corrected chi connectivity index (χ2v) is 6.49. The predicted octanol–water partition coefficient (Wildman–Crippen LogP) is 1.50. The Hall–Kier alpha value is -1.30. The number of amides is 3. The highest BCUT2D eigenvalue weighted by Crippen LogP contribution is 2.24. The summed E-state index contributed by atoms with van der Waals surface area (Å²) in [5, 5.41) is 5.84. The molecular weight excluding hydrogens is 282 g/mol. The smallest absolute Gasteiger partial charge is 0.317 e. The van der Waals surface area contributed by atoms with Gasteiger partial charge in [0.1, 0.15) is 0 Å². The molecule has 1 saturated heterocycles. The highest BCUT2D eigenvalue weighted by atomic mass is 16.5. The fourth-order valence-corrected chi connectivity index (χ4v) is 3.41. The zero-order valence-corrected chi connectivity index (χ0v) is 13.9. The molecule has 6 heteroatoms. The average Bonchev–Trinajstić information content (AvgIpc) is 2.54. The van der Waals surface area contributed by atoms with E-state index < -0.39 is 0 Å². The summed E-state index contributed by atoms with van der Waals surface area (Å²) in [6, 6.07) is 0.198. The summed E-state index contributed by atoms with van der Waals surface area (Å²) in [5.74, 6) is 0.226. The maximum atomic E-state index is 12.4. The van der Waals surface area contributed by atoms with Gasteiger partial charge in [-0.15, -0.1) is 0 Å². The fourth-order valence-electron chi connectivity index (χ4n) is 3.41. The van der Waals surface area contributed by atoms with Crippen LogP contribution in [0.15, 0.2) is 0 Å².